The molecule has 21 nitrogen and oxygen atoms in total. The molecule has 3 fully saturated rings. The van der Waals surface area contributed by atoms with Crippen LogP contribution in [-0.2, 0) is 38.1 Å². The third-order valence-electron chi connectivity index (χ3n) is 9.45. The van der Waals surface area contributed by atoms with Crippen molar-refractivity contribution in [2.75, 3.05) is 19.8 Å². The molecule has 0 spiro atoms. The van der Waals surface area contributed by atoms with Crippen LogP contribution in [0.1, 0.15) is 26.3 Å². The van der Waals surface area contributed by atoms with Crippen LogP contribution in [0.25, 0.3) is 11.0 Å². The lowest BCUT2D eigenvalue weighted by atomic mass is 9.93. The number of amides is 3. The number of fused-ring (bicyclic) bond motifs is 1. The van der Waals surface area contributed by atoms with E-state index in [2.05, 4.69) is 16.0 Å². The van der Waals surface area contributed by atoms with Gasteiger partial charge in [-0.3, -0.25) is 14.4 Å². The summed E-state index contributed by atoms with van der Waals surface area (Å²) in [6.45, 7) is 2.70. The van der Waals surface area contributed by atoms with Gasteiger partial charge in [-0.25, -0.2) is 4.79 Å². The second-order valence-corrected chi connectivity index (χ2v) is 13.5. The first-order valence-electron chi connectivity index (χ1n) is 17.4. The summed E-state index contributed by atoms with van der Waals surface area (Å²) >= 11 is 0. The molecule has 3 amide bonds. The normalized spacial score (nSPS) is 36.5. The van der Waals surface area contributed by atoms with Crippen molar-refractivity contribution in [3.63, 3.8) is 0 Å². The molecule has 0 bridgehead atoms. The van der Waals surface area contributed by atoms with Gasteiger partial charge in [-0.15, -0.1) is 0 Å². The van der Waals surface area contributed by atoms with Crippen molar-refractivity contribution in [3.8, 4) is 5.75 Å². The Labute approximate surface area is 313 Å². The molecule has 15 atom stereocenters. The van der Waals surface area contributed by atoms with Crippen LogP contribution in [-0.4, -0.2) is 165 Å². The highest BCUT2D eigenvalue weighted by Crippen LogP contribution is 2.34. The number of aliphatic hydroxyl groups excluding tert-OH is 7. The number of aryl methyl sites for hydroxylation is 1. The lowest BCUT2D eigenvalue weighted by Gasteiger charge is -2.50. The highest BCUT2D eigenvalue weighted by Gasteiger charge is 2.55. The summed E-state index contributed by atoms with van der Waals surface area (Å²) in [7, 11) is 0. The molecule has 1 aromatic carbocycles. The minimum Gasteiger partial charge on any atom is -0.462 e. The number of hydrogen-bond donors (Lipinski definition) is 10. The molecule has 1 aromatic heterocycles. The van der Waals surface area contributed by atoms with E-state index in [0.29, 0.717) is 10.9 Å². The molecule has 2 aromatic rings. The second-order valence-electron chi connectivity index (χ2n) is 13.5. The average Bonchev–Trinajstić information content (AvgIpc) is 3.12. The van der Waals surface area contributed by atoms with Gasteiger partial charge in [0.05, 0.1) is 19.8 Å². The fourth-order valence-electron chi connectivity index (χ4n) is 6.87. The van der Waals surface area contributed by atoms with Crippen LogP contribution < -0.4 is 26.3 Å². The molecule has 3 saturated heterocycles. The Hall–Kier alpha value is -3.84. The van der Waals surface area contributed by atoms with Crippen LogP contribution in [0.5, 0.6) is 5.75 Å². The van der Waals surface area contributed by atoms with Crippen molar-refractivity contribution in [2.24, 2.45) is 0 Å². The van der Waals surface area contributed by atoms with Crippen molar-refractivity contribution in [2.45, 2.75) is 120 Å². The summed E-state index contributed by atoms with van der Waals surface area (Å²) in [6.07, 6.45) is -19.1. The van der Waals surface area contributed by atoms with Gasteiger partial charge in [-0.05, 0) is 24.6 Å². The van der Waals surface area contributed by atoms with Gasteiger partial charge in [0.15, 0.2) is 12.6 Å². The molecule has 0 saturated carbocycles. The summed E-state index contributed by atoms with van der Waals surface area (Å²) in [5.41, 5.74) is 0.246. The van der Waals surface area contributed by atoms with Gasteiger partial charge >= 0.3 is 5.63 Å². The van der Waals surface area contributed by atoms with Crippen LogP contribution in [0.15, 0.2) is 33.5 Å². The Morgan fingerprint density at radius 1 is 0.655 bits per heavy atom. The molecule has 0 radical (unpaired) electrons. The molecule has 3 aliphatic heterocycles. The number of benzene rings is 1. The monoisotopic (exact) mass is 785 g/mol. The fraction of sp³-hybridized carbons (Fsp3) is 0.647. The first-order valence-corrected chi connectivity index (χ1v) is 17.4. The number of hydrogen-bond acceptors (Lipinski definition) is 18. The third-order valence-corrected chi connectivity index (χ3v) is 9.45. The zero-order chi connectivity index (χ0) is 40.3. The van der Waals surface area contributed by atoms with Crippen molar-refractivity contribution < 1.29 is 83.0 Å². The Morgan fingerprint density at radius 3 is 1.60 bits per heavy atom. The topological polar surface area (TPSA) is 314 Å². The molecule has 4 heterocycles. The highest BCUT2D eigenvalue weighted by molar-refractivity contribution is 5.81. The number of carbonyl (C=O) groups excluding carboxylic acids is 3. The standard InChI is InChI=1S/C34H47N3O18/c1-12-7-22(44)50-18-8-16(5-6-17(12)18)49-32-24(36-14(3)42)28(47)30(20(10-39)52-32)55-34-25(37-15(4)43)29(48)31(21(11-40)53-34)54-33-23(35-13(2)41)27(46)26(45)19(9-38)51-33/h5-8,19-21,23-34,38-40,45-48H,9-11H2,1-4H3,(H,35,41)(H,36,42)(H,37,43). The summed E-state index contributed by atoms with van der Waals surface area (Å²) in [5.74, 6) is -1.86. The van der Waals surface area contributed by atoms with E-state index in [1.807, 2.05) is 0 Å². The molecule has 0 aliphatic carbocycles. The van der Waals surface area contributed by atoms with Gasteiger partial charge in [0, 0.05) is 38.3 Å². The lowest BCUT2D eigenvalue weighted by Crippen LogP contribution is -2.71. The van der Waals surface area contributed by atoms with Gasteiger partial charge in [0.1, 0.15) is 84.4 Å². The van der Waals surface area contributed by atoms with Crippen molar-refractivity contribution in [1.82, 2.24) is 16.0 Å². The minimum atomic E-state index is -1.81. The number of aliphatic hydroxyl groups is 7. The Balaban J connectivity index is 1.40. The zero-order valence-corrected chi connectivity index (χ0v) is 30.2. The van der Waals surface area contributed by atoms with Crippen LogP contribution >= 0.6 is 0 Å². The maximum atomic E-state index is 12.4. The highest BCUT2D eigenvalue weighted by atomic mass is 16.7. The number of rotatable bonds is 12. The third kappa shape index (κ3) is 9.42. The molecule has 10 N–H and O–H groups in total. The molecule has 15 unspecified atom stereocenters. The smallest absolute Gasteiger partial charge is 0.336 e. The van der Waals surface area contributed by atoms with Gasteiger partial charge in [-0.2, -0.15) is 0 Å². The van der Waals surface area contributed by atoms with Crippen molar-refractivity contribution >= 4 is 28.7 Å². The van der Waals surface area contributed by atoms with E-state index in [9.17, 15) is 54.9 Å². The molecule has 306 valence electrons. The van der Waals surface area contributed by atoms with E-state index >= 15 is 0 Å². The van der Waals surface area contributed by atoms with Gasteiger partial charge < -0.3 is 84.5 Å². The summed E-state index contributed by atoms with van der Waals surface area (Å²) in [5, 5.41) is 82.9. The summed E-state index contributed by atoms with van der Waals surface area (Å²) in [6, 6.07) is 1.55. The Kier molecular flexibility index (Phi) is 13.8. The molecular weight excluding hydrogens is 738 g/mol. The average molecular weight is 786 g/mol. The minimum absolute atomic E-state index is 0.112. The number of carbonyl (C=O) groups is 3. The predicted molar refractivity (Wildman–Crippen MR) is 182 cm³/mol. The van der Waals surface area contributed by atoms with Crippen LogP contribution in [0, 0.1) is 6.92 Å². The predicted octanol–water partition coefficient (Wildman–Crippen LogP) is -4.64. The number of ether oxygens (including phenoxy) is 6. The van der Waals surface area contributed by atoms with E-state index < -0.39 is 135 Å². The van der Waals surface area contributed by atoms with Crippen LogP contribution in [0.2, 0.25) is 0 Å². The zero-order valence-electron chi connectivity index (χ0n) is 30.2. The first-order chi connectivity index (χ1) is 26.1. The SMILES string of the molecule is CC(=O)NC1C(OC2C(CO)OC(OC3C(CO)OC(Oc4ccc5c(C)cc(=O)oc5c4)C(NC(C)=O)C3O)C(NC(C)=O)C2O)OC(CO)C(O)C1O. The second kappa shape index (κ2) is 18.0. The Bertz CT molecular complexity index is 1730. The van der Waals surface area contributed by atoms with E-state index in [4.69, 9.17) is 32.8 Å². The molecule has 21 heteroatoms. The maximum absolute atomic E-state index is 12.4. The Morgan fingerprint density at radius 2 is 1.11 bits per heavy atom. The molecule has 3 aliphatic rings. The fourth-order valence-corrected chi connectivity index (χ4v) is 6.87. The van der Waals surface area contributed by atoms with E-state index in [1.165, 1.54) is 19.1 Å². The molecular formula is C34H47N3O18. The summed E-state index contributed by atoms with van der Waals surface area (Å²) in [4.78, 5) is 48.6. The van der Waals surface area contributed by atoms with E-state index in [1.54, 1.807) is 19.1 Å². The van der Waals surface area contributed by atoms with Crippen LogP contribution in [0.4, 0.5) is 0 Å². The maximum Gasteiger partial charge on any atom is 0.336 e. The first kappa shape index (κ1) is 42.3. The largest absolute Gasteiger partial charge is 0.462 e. The van der Waals surface area contributed by atoms with Crippen molar-refractivity contribution in [3.05, 3.63) is 40.2 Å². The lowest BCUT2D eigenvalue weighted by molar-refractivity contribution is -0.350. The van der Waals surface area contributed by atoms with E-state index in [-0.39, 0.29) is 11.3 Å². The van der Waals surface area contributed by atoms with Crippen LogP contribution in [0.3, 0.4) is 0 Å². The summed E-state index contributed by atoms with van der Waals surface area (Å²) < 4.78 is 40.8. The van der Waals surface area contributed by atoms with Gasteiger partial charge in [0.25, 0.3) is 0 Å². The van der Waals surface area contributed by atoms with Crippen molar-refractivity contribution in [1.29, 1.82) is 0 Å². The molecule has 5 rings (SSSR count). The number of nitrogens with one attached hydrogen (secondary N) is 3. The quantitative estimate of drug-likeness (QED) is 0.0905. The van der Waals surface area contributed by atoms with E-state index in [0.717, 1.165) is 13.8 Å². The van der Waals surface area contributed by atoms with Gasteiger partial charge in [0.2, 0.25) is 24.0 Å². The van der Waals surface area contributed by atoms with Gasteiger partial charge in [-0.1, -0.05) is 0 Å². The molecule has 55 heavy (non-hydrogen) atoms.